The molecule has 10 heterocycles. The third kappa shape index (κ3) is 28.7. The molecule has 20 atom stereocenters. The van der Waals surface area contributed by atoms with Gasteiger partial charge in [-0.3, -0.25) is 38.4 Å². The lowest BCUT2D eigenvalue weighted by atomic mass is 9.90. The lowest BCUT2D eigenvalue weighted by Gasteiger charge is -2.18. The summed E-state index contributed by atoms with van der Waals surface area (Å²) in [5, 5.41) is 9.07. The maximum Gasteiger partial charge on any atom is 0.336 e. The maximum atomic E-state index is 13.5. The standard InChI is InChI=1S/C37H55N3O12.C28H39N3O11.C26H37N3O9/c1-2-7-26-27(50-26)8-6-19-47-32(41)9-3-16-38-35(44)39(17-4-10-33(42)48-22-24-12-14-28-30(20-24)51-28)37(46)40(36(38)45)18-5-11-34(43)49-23-25-13-15-29-31(21-25)52-29;32-23(33)9-12-31-27(37)29(10-1-3-24(34)39-15-17-5-7-19-21(13-17)41-19)26(36)30(28(31)38)11-2-4-25(35)40-16-18-6-8-20-22(14-18)42-20;1-27-24(32)28(10-2-4-22(30)35-14-16-6-8-18-20(12-16)37-18)26(34)29(25(27)33)11-3-5-23(31)36-15-17-7-9-19-21(13-17)38-19/h24-31H,2-23H2,1H3;17-22H,1-16H2,(H,32,33);16-21H,2-15H2,1H3. The Morgan fingerprint density at radius 2 is 0.477 bits per heavy atom. The first-order valence-electron chi connectivity index (χ1n) is 48.4. The average molecular weight is 1860 g/mol. The van der Waals surface area contributed by atoms with E-state index in [1.807, 2.05) is 0 Å². The summed E-state index contributed by atoms with van der Waals surface area (Å²) in [6, 6.07) is 0. The molecule has 1 N–H and O–H groups in total. The molecule has 732 valence electrons. The minimum atomic E-state index is -1.21. The molecule has 41 heteroatoms. The van der Waals surface area contributed by atoms with Crippen LogP contribution in [0.25, 0.3) is 0 Å². The molecule has 16 rings (SSSR count). The van der Waals surface area contributed by atoms with Gasteiger partial charge in [0, 0.05) is 104 Å². The van der Waals surface area contributed by atoms with Gasteiger partial charge in [-0.15, -0.1) is 0 Å². The molecule has 20 unspecified atom stereocenters. The summed E-state index contributed by atoms with van der Waals surface area (Å²) in [7, 11) is 1.30. The molecular weight excluding hydrogens is 1730 g/mol. The lowest BCUT2D eigenvalue weighted by molar-refractivity contribution is -0.146. The number of carbonyl (C=O) groups is 8. The third-order valence-corrected chi connectivity index (χ3v) is 27.9. The van der Waals surface area contributed by atoms with Crippen molar-refractivity contribution in [2.75, 3.05) is 46.2 Å². The number of hydrogen-bond acceptors (Lipinski definition) is 31. The van der Waals surface area contributed by atoms with Crippen LogP contribution in [-0.4, -0.2) is 226 Å². The quantitative estimate of drug-likeness (QED) is 0.0365. The van der Waals surface area contributed by atoms with E-state index in [1.54, 1.807) is 0 Å². The number of ether oxygens (including phenoxy) is 14. The molecular formula is C91H131N9O32. The van der Waals surface area contributed by atoms with Crippen molar-refractivity contribution in [1.29, 1.82) is 0 Å². The zero-order chi connectivity index (χ0) is 93.2. The topological polar surface area (TPSA) is 507 Å². The second-order valence-electron chi connectivity index (χ2n) is 38.0. The first-order valence-corrected chi connectivity index (χ1v) is 48.4. The Balaban J connectivity index is 0.000000161. The van der Waals surface area contributed by atoms with Gasteiger partial charge in [0.05, 0.1) is 138 Å². The number of carbonyl (C=O) groups excluding carboxylic acids is 7. The zero-order valence-corrected chi connectivity index (χ0v) is 75.9. The van der Waals surface area contributed by atoms with E-state index in [9.17, 15) is 81.5 Å². The van der Waals surface area contributed by atoms with E-state index in [4.69, 9.17) is 71.4 Å². The molecule has 7 saturated heterocycles. The second kappa shape index (κ2) is 46.8. The van der Waals surface area contributed by atoms with Crippen LogP contribution in [0, 0.1) is 35.5 Å². The Bertz CT molecular complexity index is 4870. The SMILES string of the molecule is CCCC1OC1CCCOC(=O)CCCn1c(=O)n(CCCC(=O)OCC2CCC3OC3C2)c(=O)n(CCCC(=O)OCC2CCC3OC3C2)c1=O.Cn1c(=O)n(CCCC(=O)OCC2CCC3OC3C2)c(=O)n(CCCC(=O)OCC2CCC3OC3C2)c1=O.O=C(O)CCn1c(=O)n(CCCC(=O)OCC2CCC3OC3C2)c(=O)n(CCCC(=O)OCC2CCC3OC3C2)c1=O. The van der Waals surface area contributed by atoms with Gasteiger partial charge in [0.25, 0.3) is 0 Å². The van der Waals surface area contributed by atoms with E-state index in [1.165, 1.54) is 7.05 Å². The highest BCUT2D eigenvalue weighted by Gasteiger charge is 2.49. The number of carboxylic acids is 1. The highest BCUT2D eigenvalue weighted by atomic mass is 16.6. The molecule has 13 aliphatic rings. The molecule has 3 aromatic heterocycles. The molecule has 0 radical (unpaired) electrons. The molecule has 0 amide bonds. The van der Waals surface area contributed by atoms with Crippen molar-refractivity contribution < 1.29 is 110 Å². The number of aromatic nitrogens is 9. The first kappa shape index (κ1) is 98.7. The third-order valence-electron chi connectivity index (χ3n) is 27.9. The number of rotatable bonds is 49. The van der Waals surface area contributed by atoms with Gasteiger partial charge in [0.2, 0.25) is 0 Å². The minimum absolute atomic E-state index is 0.00137. The monoisotopic (exact) mass is 1860 g/mol. The Kier molecular flexibility index (Phi) is 35.0. The predicted molar refractivity (Wildman–Crippen MR) is 461 cm³/mol. The van der Waals surface area contributed by atoms with Gasteiger partial charge in [-0.25, -0.2) is 84.3 Å². The van der Waals surface area contributed by atoms with Crippen LogP contribution in [0.5, 0.6) is 0 Å². The fourth-order valence-electron chi connectivity index (χ4n) is 19.6. The summed E-state index contributed by atoms with van der Waals surface area (Å²) in [4.78, 5) is 215. The van der Waals surface area contributed by atoms with Crippen LogP contribution in [0.15, 0.2) is 43.2 Å². The van der Waals surface area contributed by atoms with E-state index >= 15 is 0 Å². The molecule has 7 aliphatic heterocycles. The van der Waals surface area contributed by atoms with Crippen molar-refractivity contribution in [1.82, 2.24) is 41.1 Å². The largest absolute Gasteiger partial charge is 0.481 e. The van der Waals surface area contributed by atoms with Gasteiger partial charge < -0.3 is 71.4 Å². The van der Waals surface area contributed by atoms with Gasteiger partial charge in [-0.2, -0.15) is 0 Å². The molecule has 3 aromatic rings. The Labute approximate surface area is 760 Å². The fourth-order valence-corrected chi connectivity index (χ4v) is 19.6. The Morgan fingerprint density at radius 1 is 0.265 bits per heavy atom. The van der Waals surface area contributed by atoms with Crippen molar-refractivity contribution in [3.8, 4) is 0 Å². The summed E-state index contributed by atoms with van der Waals surface area (Å²) < 4.78 is 84.5. The number of aliphatic carboxylic acids is 1. The summed E-state index contributed by atoms with van der Waals surface area (Å²) >= 11 is 0. The fraction of sp³-hybridized carbons (Fsp3) is 0.813. The van der Waals surface area contributed by atoms with E-state index < -0.39 is 100.0 Å². The van der Waals surface area contributed by atoms with Crippen LogP contribution in [0.2, 0.25) is 0 Å². The number of carboxylic acid groups (broad SMARTS) is 1. The summed E-state index contributed by atoms with van der Waals surface area (Å²) in [6.07, 6.45) is 25.9. The number of esters is 7. The number of nitrogens with zero attached hydrogens (tertiary/aromatic N) is 9. The Morgan fingerprint density at radius 3 is 0.697 bits per heavy atom. The highest BCUT2D eigenvalue weighted by molar-refractivity contribution is 5.71. The van der Waals surface area contributed by atoms with Crippen molar-refractivity contribution in [3.63, 3.8) is 0 Å². The van der Waals surface area contributed by atoms with Crippen LogP contribution in [0.1, 0.15) is 244 Å². The molecule has 132 heavy (non-hydrogen) atoms. The van der Waals surface area contributed by atoms with Crippen molar-refractivity contribution in [2.24, 2.45) is 42.6 Å². The van der Waals surface area contributed by atoms with Crippen LogP contribution < -0.4 is 51.2 Å². The molecule has 0 spiro atoms. The van der Waals surface area contributed by atoms with Crippen LogP contribution in [0.4, 0.5) is 0 Å². The van der Waals surface area contributed by atoms with Gasteiger partial charge in [-0.05, 0) is 215 Å². The van der Waals surface area contributed by atoms with Gasteiger partial charge in [-0.1, -0.05) is 13.3 Å². The molecule has 6 aliphatic carbocycles. The number of fused-ring (bicyclic) bond motifs is 6. The minimum Gasteiger partial charge on any atom is -0.481 e. The predicted octanol–water partition coefficient (Wildman–Crippen LogP) is 3.54. The molecule has 41 nitrogen and oxygen atoms in total. The Hall–Kier alpha value is -9.29. The smallest absolute Gasteiger partial charge is 0.336 e. The van der Waals surface area contributed by atoms with Crippen molar-refractivity contribution >= 4 is 47.8 Å². The van der Waals surface area contributed by atoms with Crippen molar-refractivity contribution in [3.05, 3.63) is 94.4 Å². The van der Waals surface area contributed by atoms with Gasteiger partial charge in [0.1, 0.15) is 0 Å². The first-order chi connectivity index (χ1) is 63.7. The number of epoxide rings is 7. The summed E-state index contributed by atoms with van der Waals surface area (Å²) in [6.45, 7) is 3.26. The van der Waals surface area contributed by atoms with E-state index in [0.717, 1.165) is 171 Å². The average Bonchev–Trinajstić information content (AvgIpc) is 1.77. The normalized spacial score (nSPS) is 28.3. The van der Waals surface area contributed by atoms with Crippen LogP contribution >= 0.6 is 0 Å². The zero-order valence-electron chi connectivity index (χ0n) is 75.9. The maximum absolute atomic E-state index is 13.5. The molecule has 6 saturated carbocycles. The van der Waals surface area contributed by atoms with E-state index in [2.05, 4.69) is 6.92 Å². The summed E-state index contributed by atoms with van der Waals surface area (Å²) in [5.74, 6) is -2.45. The highest BCUT2D eigenvalue weighted by Crippen LogP contribution is 2.44. The van der Waals surface area contributed by atoms with Gasteiger partial charge >= 0.3 is 99.0 Å². The second-order valence-corrected chi connectivity index (χ2v) is 38.0. The van der Waals surface area contributed by atoms with E-state index in [0.29, 0.717) is 117 Å². The molecule has 0 bridgehead atoms. The van der Waals surface area contributed by atoms with E-state index in [-0.39, 0.29) is 208 Å². The number of hydrogen-bond donors (Lipinski definition) is 1. The van der Waals surface area contributed by atoms with Gasteiger partial charge in [0.15, 0.2) is 0 Å². The molecule has 13 fully saturated rings. The van der Waals surface area contributed by atoms with Crippen molar-refractivity contribution in [2.45, 2.75) is 382 Å². The molecule has 0 aromatic carbocycles. The lowest BCUT2D eigenvalue weighted by Crippen LogP contribution is -2.54. The van der Waals surface area contributed by atoms with Crippen LogP contribution in [-0.2, 0) is 164 Å². The van der Waals surface area contributed by atoms with Crippen LogP contribution in [0.3, 0.4) is 0 Å². The summed E-state index contributed by atoms with van der Waals surface area (Å²) in [5.41, 5.74) is -7.41.